The number of carbonyl (C=O) groups excluding carboxylic acids is 2. The Morgan fingerprint density at radius 3 is 2.56 bits per heavy atom. The minimum Gasteiger partial charge on any atom is -0.494 e. The average Bonchev–Trinajstić information content (AvgIpc) is 3.82. The van der Waals surface area contributed by atoms with E-state index in [0.29, 0.717) is 40.2 Å². The summed E-state index contributed by atoms with van der Waals surface area (Å²) in [7, 11) is 1.46. The number of hydrogen-bond donors (Lipinski definition) is 3. The zero-order valence-electron chi connectivity index (χ0n) is 24.4. The third-order valence-corrected chi connectivity index (χ3v) is 9.29. The fourth-order valence-electron chi connectivity index (χ4n) is 5.63. The van der Waals surface area contributed by atoms with Crippen LogP contribution in [-0.2, 0) is 15.8 Å². The molecule has 0 spiro atoms. The van der Waals surface area contributed by atoms with E-state index < -0.39 is 39.5 Å². The number of nitrogens with one attached hydrogen (secondary N) is 1. The standard InChI is InChI=1S/C32H28Cl2F2N4O5/c1-14-21(34)9-15-8-16(10-22(44-3)26(15)39-14)29(41)38-12-32(43,17-4-5-17)23-11-19-28(45-13-31(19,2)30(37)42)27(40-23)18-6-7-20(33)25(36)24(18)35/h6-11,17,43H,4-5,12-13H2,1-3H3,(H2,37,42)(H,38,41)/t31-,32+/m0/s1. The van der Waals surface area contributed by atoms with E-state index in [-0.39, 0.29) is 52.9 Å². The van der Waals surface area contributed by atoms with E-state index in [0.717, 1.165) is 0 Å². The van der Waals surface area contributed by atoms with Crippen LogP contribution in [0.3, 0.4) is 0 Å². The van der Waals surface area contributed by atoms with Gasteiger partial charge >= 0.3 is 0 Å². The van der Waals surface area contributed by atoms with Gasteiger partial charge in [0.25, 0.3) is 5.91 Å². The van der Waals surface area contributed by atoms with Gasteiger partial charge in [0.15, 0.2) is 11.6 Å². The number of amides is 2. The van der Waals surface area contributed by atoms with E-state index in [9.17, 15) is 19.1 Å². The lowest BCUT2D eigenvalue weighted by molar-refractivity contribution is -0.123. The summed E-state index contributed by atoms with van der Waals surface area (Å²) in [5.41, 5.74) is 3.89. The first-order valence-electron chi connectivity index (χ1n) is 14.1. The van der Waals surface area contributed by atoms with Crippen molar-refractivity contribution in [3.63, 3.8) is 0 Å². The van der Waals surface area contributed by atoms with Crippen molar-refractivity contribution in [3.8, 4) is 22.8 Å². The van der Waals surface area contributed by atoms with Crippen molar-refractivity contribution >= 4 is 45.9 Å². The molecule has 0 unspecified atom stereocenters. The summed E-state index contributed by atoms with van der Waals surface area (Å²) >= 11 is 12.1. The number of aryl methyl sites for hydroxylation is 1. The fourth-order valence-corrected chi connectivity index (χ4v) is 5.94. The first-order chi connectivity index (χ1) is 21.3. The van der Waals surface area contributed by atoms with Crippen LogP contribution in [0.2, 0.25) is 10.0 Å². The number of carbonyl (C=O) groups is 2. The molecule has 6 rings (SSSR count). The van der Waals surface area contributed by atoms with Gasteiger partial charge in [0.1, 0.15) is 40.3 Å². The number of aromatic nitrogens is 2. The first kappa shape index (κ1) is 30.9. The van der Waals surface area contributed by atoms with Gasteiger partial charge in [-0.1, -0.05) is 23.2 Å². The molecule has 1 aliphatic carbocycles. The number of fused-ring (bicyclic) bond motifs is 2. The number of primary amides is 1. The molecule has 2 aromatic carbocycles. The highest BCUT2D eigenvalue weighted by molar-refractivity contribution is 6.32. The van der Waals surface area contributed by atoms with Crippen molar-refractivity contribution in [1.82, 2.24) is 15.3 Å². The molecule has 2 amide bonds. The van der Waals surface area contributed by atoms with Gasteiger partial charge < -0.3 is 25.6 Å². The second-order valence-electron chi connectivity index (χ2n) is 11.6. The maximum absolute atomic E-state index is 15.2. The Kier molecular flexibility index (Phi) is 7.62. The van der Waals surface area contributed by atoms with Crippen molar-refractivity contribution in [3.05, 3.63) is 80.6 Å². The van der Waals surface area contributed by atoms with Gasteiger partial charge in [-0.15, -0.1) is 0 Å². The van der Waals surface area contributed by atoms with Crippen LogP contribution in [0, 0.1) is 24.5 Å². The molecular weight excluding hydrogens is 629 g/mol. The Labute approximate surface area is 266 Å². The summed E-state index contributed by atoms with van der Waals surface area (Å²) in [5, 5.41) is 15.5. The number of halogens is 4. The van der Waals surface area contributed by atoms with Crippen molar-refractivity contribution in [2.45, 2.75) is 37.7 Å². The molecule has 234 valence electrons. The van der Waals surface area contributed by atoms with Gasteiger partial charge in [-0.2, -0.15) is 0 Å². The molecule has 4 N–H and O–H groups in total. The minimum absolute atomic E-state index is 0.0358. The van der Waals surface area contributed by atoms with E-state index in [1.807, 2.05) is 0 Å². The number of methoxy groups -OCH3 is 1. The Balaban J connectivity index is 1.42. The van der Waals surface area contributed by atoms with Crippen LogP contribution in [0.4, 0.5) is 8.78 Å². The van der Waals surface area contributed by atoms with Gasteiger partial charge in [-0.3, -0.25) is 9.59 Å². The smallest absolute Gasteiger partial charge is 0.251 e. The molecule has 0 saturated heterocycles. The first-order valence-corrected chi connectivity index (χ1v) is 14.8. The quantitative estimate of drug-likeness (QED) is 0.217. The number of ether oxygens (including phenoxy) is 2. The summed E-state index contributed by atoms with van der Waals surface area (Å²) in [6.07, 6.45) is 1.22. The number of pyridine rings is 2. The third-order valence-electron chi connectivity index (χ3n) is 8.62. The van der Waals surface area contributed by atoms with Crippen LogP contribution in [0.1, 0.15) is 47.1 Å². The van der Waals surface area contributed by atoms with Gasteiger partial charge in [0.2, 0.25) is 5.91 Å². The van der Waals surface area contributed by atoms with E-state index >= 15 is 4.39 Å². The van der Waals surface area contributed by atoms with Gasteiger partial charge in [0.05, 0.1) is 35.1 Å². The summed E-state index contributed by atoms with van der Waals surface area (Å²) in [6.45, 7) is 2.85. The van der Waals surface area contributed by atoms with E-state index in [4.69, 9.17) is 38.4 Å². The maximum Gasteiger partial charge on any atom is 0.251 e. The molecule has 0 bridgehead atoms. The topological polar surface area (TPSA) is 137 Å². The van der Waals surface area contributed by atoms with Crippen LogP contribution < -0.4 is 20.5 Å². The molecule has 13 heteroatoms. The highest BCUT2D eigenvalue weighted by Crippen LogP contribution is 2.50. The molecule has 2 atom stereocenters. The predicted octanol–water partition coefficient (Wildman–Crippen LogP) is 5.36. The molecule has 2 aliphatic rings. The van der Waals surface area contributed by atoms with Crippen LogP contribution in [0.25, 0.3) is 22.2 Å². The second-order valence-corrected chi connectivity index (χ2v) is 12.4. The zero-order chi connectivity index (χ0) is 32.4. The van der Waals surface area contributed by atoms with E-state index in [2.05, 4.69) is 15.3 Å². The molecule has 4 aromatic rings. The van der Waals surface area contributed by atoms with E-state index in [1.54, 1.807) is 26.0 Å². The van der Waals surface area contributed by atoms with Crippen molar-refractivity contribution in [1.29, 1.82) is 0 Å². The summed E-state index contributed by atoms with van der Waals surface area (Å²) in [4.78, 5) is 35.1. The number of rotatable bonds is 8. The Hall–Kier alpha value is -4.06. The molecular formula is C32H28Cl2F2N4O5. The van der Waals surface area contributed by atoms with Crippen LogP contribution in [0.5, 0.6) is 11.5 Å². The predicted molar refractivity (Wildman–Crippen MR) is 164 cm³/mol. The molecule has 3 heterocycles. The lowest BCUT2D eigenvalue weighted by Gasteiger charge is -2.30. The van der Waals surface area contributed by atoms with Crippen LogP contribution in [0.15, 0.2) is 36.4 Å². The fraction of sp³-hybridized carbons (Fsp3) is 0.312. The Bertz CT molecular complexity index is 1920. The number of nitrogens with zero attached hydrogens (tertiary/aromatic N) is 2. The average molecular weight is 658 g/mol. The number of hydrogen-bond acceptors (Lipinski definition) is 7. The lowest BCUT2D eigenvalue weighted by Crippen LogP contribution is -2.44. The molecule has 9 nitrogen and oxygen atoms in total. The zero-order valence-corrected chi connectivity index (χ0v) is 25.9. The normalized spacial score (nSPS) is 18.7. The highest BCUT2D eigenvalue weighted by Gasteiger charge is 2.50. The molecule has 1 aliphatic heterocycles. The Morgan fingerprint density at radius 1 is 1.16 bits per heavy atom. The summed E-state index contributed by atoms with van der Waals surface area (Å²) in [5.74, 6) is -3.73. The van der Waals surface area contributed by atoms with Crippen molar-refractivity contribution < 1.29 is 33.0 Å². The largest absolute Gasteiger partial charge is 0.494 e. The van der Waals surface area contributed by atoms with Gasteiger partial charge in [-0.05, 0) is 69.0 Å². The van der Waals surface area contributed by atoms with Crippen LogP contribution >= 0.6 is 23.2 Å². The van der Waals surface area contributed by atoms with Crippen molar-refractivity contribution in [2.75, 3.05) is 20.3 Å². The van der Waals surface area contributed by atoms with Gasteiger partial charge in [0, 0.05) is 22.1 Å². The maximum atomic E-state index is 15.2. The molecule has 45 heavy (non-hydrogen) atoms. The van der Waals surface area contributed by atoms with Gasteiger partial charge in [-0.25, -0.2) is 18.7 Å². The minimum atomic E-state index is -1.76. The monoisotopic (exact) mass is 656 g/mol. The third kappa shape index (κ3) is 5.12. The number of benzene rings is 2. The molecule has 0 radical (unpaired) electrons. The molecule has 1 fully saturated rings. The van der Waals surface area contributed by atoms with Crippen molar-refractivity contribution in [2.24, 2.45) is 11.7 Å². The SMILES string of the molecule is COc1cc(C(=O)NC[C@](O)(c2cc3c(c(-c4ccc(Cl)c(F)c4F)n2)OC[C@]3(C)C(N)=O)C2CC2)cc2cc(Cl)c(C)nc12. The van der Waals surface area contributed by atoms with Crippen LogP contribution in [-0.4, -0.2) is 47.2 Å². The molecule has 1 saturated carbocycles. The summed E-state index contributed by atoms with van der Waals surface area (Å²) < 4.78 is 41.1. The Morgan fingerprint density at radius 2 is 1.89 bits per heavy atom. The summed E-state index contributed by atoms with van der Waals surface area (Å²) in [6, 6.07) is 8.73. The number of aliphatic hydroxyl groups is 1. The second kappa shape index (κ2) is 11.1. The number of nitrogens with two attached hydrogens (primary N) is 1. The molecule has 2 aromatic heterocycles. The van der Waals surface area contributed by atoms with E-state index in [1.165, 1.54) is 31.4 Å². The highest BCUT2D eigenvalue weighted by atomic mass is 35.5. The lowest BCUT2D eigenvalue weighted by atomic mass is 9.81.